The van der Waals surface area contributed by atoms with Crippen LogP contribution in [-0.4, -0.2) is 10.5 Å². The molecule has 12 heteroatoms. The number of nitrogens with two attached hydrogens (primary N) is 1. The second kappa shape index (κ2) is 11.3. The molecule has 40 heavy (non-hydrogen) atoms. The first kappa shape index (κ1) is 28.3. The van der Waals surface area contributed by atoms with E-state index in [0.717, 1.165) is 15.9 Å². The van der Waals surface area contributed by atoms with Gasteiger partial charge in [-0.25, -0.2) is 0 Å². The van der Waals surface area contributed by atoms with Crippen molar-refractivity contribution in [3.63, 3.8) is 0 Å². The fraction of sp³-hybridized carbons (Fsp3) is 0.0357. The Morgan fingerprint density at radius 3 is 2.20 bits per heavy atom. The van der Waals surface area contributed by atoms with Gasteiger partial charge in [0.05, 0.1) is 27.7 Å². The standard InChI is InChI=1S/C28H15Cl5N4O2S/c29-14-3-6-17(7-4-14)36-26(38)24-23(18-8-5-16(31)11-21(18)33)19(12-34)25(35)37-27(39)22(40-28(24)37)9-13-1-2-15(30)10-20(13)32/h1-11,23H,35H2,(H,36,38)/b22-9-. The van der Waals surface area contributed by atoms with Crippen LogP contribution >= 0.6 is 69.3 Å². The number of nitrogens with one attached hydrogen (secondary N) is 1. The number of hydrogen-bond acceptors (Lipinski definition) is 5. The summed E-state index contributed by atoms with van der Waals surface area (Å²) < 4.78 is 1.63. The summed E-state index contributed by atoms with van der Waals surface area (Å²) in [6.45, 7) is 0. The molecule has 3 N–H and O–H groups in total. The molecule has 1 amide bonds. The van der Waals surface area contributed by atoms with Gasteiger partial charge in [-0.15, -0.1) is 11.3 Å². The van der Waals surface area contributed by atoms with Gasteiger partial charge < -0.3 is 11.1 Å². The Kier molecular flexibility index (Phi) is 8.03. The summed E-state index contributed by atoms with van der Waals surface area (Å²) in [5.41, 5.74) is 7.42. The monoisotopic (exact) mass is 646 g/mol. The maximum Gasteiger partial charge on any atom is 0.274 e. The van der Waals surface area contributed by atoms with Crippen LogP contribution in [0.1, 0.15) is 17.0 Å². The Bertz CT molecular complexity index is 1960. The number of anilines is 1. The quantitative estimate of drug-likeness (QED) is 0.274. The second-order valence-corrected chi connectivity index (χ2v) is 11.8. The number of nitriles is 1. The Balaban J connectivity index is 1.83. The first-order chi connectivity index (χ1) is 19.1. The minimum atomic E-state index is -0.993. The number of benzene rings is 3. The Labute approximate surface area is 256 Å². The lowest BCUT2D eigenvalue weighted by atomic mass is 9.83. The lowest BCUT2D eigenvalue weighted by molar-refractivity contribution is -0.111. The van der Waals surface area contributed by atoms with E-state index >= 15 is 0 Å². The molecule has 0 bridgehead atoms. The normalized spacial score (nSPS) is 15.2. The van der Waals surface area contributed by atoms with Crippen molar-refractivity contribution in [3.8, 4) is 6.07 Å². The number of nitrogens with zero attached hydrogens (tertiary/aromatic N) is 2. The highest BCUT2D eigenvalue weighted by atomic mass is 35.5. The van der Waals surface area contributed by atoms with Crippen LogP contribution in [0.2, 0.25) is 25.1 Å². The van der Waals surface area contributed by atoms with Crippen molar-refractivity contribution < 1.29 is 4.79 Å². The van der Waals surface area contributed by atoms with Gasteiger partial charge in [-0.05, 0) is 65.7 Å². The maximum atomic E-state index is 13.9. The van der Waals surface area contributed by atoms with E-state index in [1.807, 2.05) is 0 Å². The molecule has 2 heterocycles. The number of carbonyl (C=O) groups excluding carboxylic acids is 1. The van der Waals surface area contributed by atoms with Crippen LogP contribution in [0.5, 0.6) is 0 Å². The zero-order valence-corrected chi connectivity index (χ0v) is 24.6. The number of hydrogen-bond donors (Lipinski definition) is 2. The minimum absolute atomic E-state index is 0.0195. The van der Waals surface area contributed by atoms with Crippen molar-refractivity contribution in [1.29, 1.82) is 5.26 Å². The maximum absolute atomic E-state index is 13.9. The molecular weight excluding hydrogens is 634 g/mol. The van der Waals surface area contributed by atoms with Gasteiger partial charge in [0.25, 0.3) is 11.5 Å². The first-order valence-electron chi connectivity index (χ1n) is 11.4. The predicted octanol–water partition coefficient (Wildman–Crippen LogP) is 6.24. The predicted molar refractivity (Wildman–Crippen MR) is 164 cm³/mol. The molecule has 3 aromatic carbocycles. The highest BCUT2D eigenvalue weighted by molar-refractivity contribution is 7.07. The van der Waals surface area contributed by atoms with E-state index < -0.39 is 17.4 Å². The van der Waals surface area contributed by atoms with Crippen molar-refractivity contribution in [2.45, 2.75) is 5.92 Å². The van der Waals surface area contributed by atoms with Crippen LogP contribution in [0, 0.1) is 11.3 Å². The van der Waals surface area contributed by atoms with Gasteiger partial charge in [0.2, 0.25) is 0 Å². The van der Waals surface area contributed by atoms with Crippen LogP contribution in [-0.2, 0) is 4.79 Å². The molecule has 1 aromatic heterocycles. The third kappa shape index (κ3) is 5.27. The third-order valence-electron chi connectivity index (χ3n) is 6.14. The summed E-state index contributed by atoms with van der Waals surface area (Å²) in [5, 5.41) is 14.9. The van der Waals surface area contributed by atoms with Gasteiger partial charge >= 0.3 is 0 Å². The number of amides is 1. The van der Waals surface area contributed by atoms with Crippen LogP contribution in [0.15, 0.2) is 71.0 Å². The number of fused-ring (bicyclic) bond motifs is 1. The van der Waals surface area contributed by atoms with E-state index in [2.05, 4.69) is 11.4 Å². The molecule has 4 aromatic rings. The summed E-state index contributed by atoms with van der Waals surface area (Å²) in [7, 11) is 0. The number of aromatic nitrogens is 1. The molecule has 1 unspecified atom stereocenters. The fourth-order valence-electron chi connectivity index (χ4n) is 4.31. The lowest BCUT2D eigenvalue weighted by Crippen LogP contribution is -2.40. The van der Waals surface area contributed by atoms with E-state index in [4.69, 9.17) is 63.7 Å². The van der Waals surface area contributed by atoms with Crippen molar-refractivity contribution in [1.82, 2.24) is 4.57 Å². The largest absolute Gasteiger partial charge is 0.384 e. The van der Waals surface area contributed by atoms with Gasteiger partial charge in [-0.1, -0.05) is 70.1 Å². The zero-order valence-electron chi connectivity index (χ0n) is 20.0. The SMILES string of the molecule is N#CC1=C(N)n2c(s/c(=C\c3ccc(Cl)cc3Cl)c2=O)=C(C(=O)Nc2ccc(Cl)cc2)C1c1ccc(Cl)cc1Cl. The first-order valence-corrected chi connectivity index (χ1v) is 14.1. The third-order valence-corrected chi connectivity index (χ3v) is 8.62. The van der Waals surface area contributed by atoms with Gasteiger partial charge in [0.1, 0.15) is 10.5 Å². The Hall–Kier alpha value is -3.22. The van der Waals surface area contributed by atoms with Crippen molar-refractivity contribution in [2.24, 2.45) is 5.73 Å². The van der Waals surface area contributed by atoms with E-state index in [9.17, 15) is 14.9 Å². The Morgan fingerprint density at radius 1 is 0.950 bits per heavy atom. The molecule has 0 fully saturated rings. The average Bonchev–Trinajstić information content (AvgIpc) is 3.22. The van der Waals surface area contributed by atoms with Crippen LogP contribution in [0.25, 0.3) is 17.5 Å². The molecule has 0 radical (unpaired) electrons. The summed E-state index contributed by atoms with van der Waals surface area (Å²) >= 11 is 32.1. The summed E-state index contributed by atoms with van der Waals surface area (Å²) in [6, 6.07) is 18.2. The van der Waals surface area contributed by atoms with E-state index in [1.54, 1.807) is 60.7 Å². The summed E-state index contributed by atoms with van der Waals surface area (Å²) in [6.07, 6.45) is 1.58. The number of halogens is 5. The highest BCUT2D eigenvalue weighted by Gasteiger charge is 2.36. The van der Waals surface area contributed by atoms with Crippen molar-refractivity contribution >= 4 is 98.4 Å². The highest BCUT2D eigenvalue weighted by Crippen LogP contribution is 2.40. The molecule has 1 atom stereocenters. The summed E-state index contributed by atoms with van der Waals surface area (Å²) in [5.74, 6) is -1.67. The lowest BCUT2D eigenvalue weighted by Gasteiger charge is -2.26. The molecule has 1 aliphatic heterocycles. The molecular formula is C28H15Cl5N4O2S. The number of allylic oxidation sites excluding steroid dienone is 1. The zero-order chi connectivity index (χ0) is 28.7. The molecule has 1 aliphatic rings. The van der Waals surface area contributed by atoms with Crippen LogP contribution in [0.4, 0.5) is 5.69 Å². The summed E-state index contributed by atoms with van der Waals surface area (Å²) in [4.78, 5) is 27.6. The number of thiazole rings is 1. The Morgan fingerprint density at radius 2 is 1.57 bits per heavy atom. The fourth-order valence-corrected chi connectivity index (χ4v) is 6.58. The average molecular weight is 649 g/mol. The molecule has 200 valence electrons. The van der Waals surface area contributed by atoms with Gasteiger partial charge in [0, 0.05) is 30.8 Å². The number of rotatable bonds is 4. The topological polar surface area (TPSA) is 101 Å². The van der Waals surface area contributed by atoms with Crippen molar-refractivity contribution in [3.05, 3.63) is 122 Å². The van der Waals surface area contributed by atoms with E-state index in [-0.39, 0.29) is 31.2 Å². The smallest absolute Gasteiger partial charge is 0.274 e. The van der Waals surface area contributed by atoms with Gasteiger partial charge in [0.15, 0.2) is 0 Å². The van der Waals surface area contributed by atoms with Crippen LogP contribution < -0.4 is 25.8 Å². The molecule has 0 saturated heterocycles. The van der Waals surface area contributed by atoms with E-state index in [1.165, 1.54) is 6.07 Å². The van der Waals surface area contributed by atoms with Gasteiger partial charge in [-0.3, -0.25) is 14.2 Å². The van der Waals surface area contributed by atoms with Crippen LogP contribution in [0.3, 0.4) is 0 Å². The van der Waals surface area contributed by atoms with Crippen molar-refractivity contribution in [2.75, 3.05) is 5.32 Å². The van der Waals surface area contributed by atoms with Gasteiger partial charge in [-0.2, -0.15) is 5.26 Å². The molecule has 0 saturated carbocycles. The number of carbonyl (C=O) groups is 1. The molecule has 0 spiro atoms. The molecule has 5 rings (SSSR count). The molecule has 0 aliphatic carbocycles. The van der Waals surface area contributed by atoms with E-state index in [0.29, 0.717) is 36.9 Å². The second-order valence-electron chi connectivity index (χ2n) is 8.61. The molecule has 6 nitrogen and oxygen atoms in total. The minimum Gasteiger partial charge on any atom is -0.384 e.